The molecule has 2 rings (SSSR count). The topological polar surface area (TPSA) is 72.5 Å². The number of hydrogen-bond donors (Lipinski definition) is 1. The van der Waals surface area contributed by atoms with E-state index in [-0.39, 0.29) is 17.9 Å². The molecule has 5 nitrogen and oxygen atoms in total. The monoisotopic (exact) mass is 347 g/mol. The van der Waals surface area contributed by atoms with Gasteiger partial charge in [-0.1, -0.05) is 12.1 Å². The van der Waals surface area contributed by atoms with Gasteiger partial charge in [-0.2, -0.15) is 0 Å². The minimum absolute atomic E-state index is 0.0143. The van der Waals surface area contributed by atoms with Crippen molar-refractivity contribution < 1.29 is 17.9 Å². The lowest BCUT2D eigenvalue weighted by Gasteiger charge is -2.27. The van der Waals surface area contributed by atoms with Crippen LogP contribution in [0.25, 0.3) is 0 Å². The second-order valence-corrected chi connectivity index (χ2v) is 7.56. The first kappa shape index (κ1) is 14.3. The summed E-state index contributed by atoms with van der Waals surface area (Å²) in [6.07, 6.45) is 0.212. The number of esters is 1. The van der Waals surface area contributed by atoms with E-state index in [0.717, 1.165) is 4.47 Å². The van der Waals surface area contributed by atoms with Crippen LogP contribution in [0.4, 0.5) is 5.69 Å². The molecule has 1 saturated heterocycles. The number of hydrogen-bond acceptors (Lipinski definition) is 5. The summed E-state index contributed by atoms with van der Waals surface area (Å²) in [5.74, 6) is -0.808. The van der Waals surface area contributed by atoms with Crippen molar-refractivity contribution in [1.29, 1.82) is 0 Å². The second kappa shape index (κ2) is 5.13. The molecular weight excluding hydrogens is 334 g/mol. The van der Waals surface area contributed by atoms with Gasteiger partial charge in [0.15, 0.2) is 15.4 Å². The summed E-state index contributed by atoms with van der Waals surface area (Å²) in [4.78, 5) is 12.0. The molecule has 1 heterocycles. The smallest absolute Gasteiger partial charge is 0.332 e. The largest absolute Gasteiger partial charge is 0.467 e. The Morgan fingerprint density at radius 3 is 2.63 bits per heavy atom. The summed E-state index contributed by atoms with van der Waals surface area (Å²) in [7, 11) is -1.96. The van der Waals surface area contributed by atoms with Crippen LogP contribution in [0.5, 0.6) is 0 Å². The number of methoxy groups -OCH3 is 1. The maximum absolute atomic E-state index is 12.0. The van der Waals surface area contributed by atoms with Gasteiger partial charge in [0.2, 0.25) is 0 Å². The number of nitrogens with one attached hydrogen (secondary N) is 1. The van der Waals surface area contributed by atoms with Crippen LogP contribution < -0.4 is 5.32 Å². The fourth-order valence-corrected chi connectivity index (χ4v) is 4.45. The summed E-state index contributed by atoms with van der Waals surface area (Å²) in [5.41, 5.74) is -0.526. The standard InChI is InChI=1S/C12H14BrNO4S/c1-18-11(15)12(6-7-19(16,17)8-12)14-10-5-3-2-4-9(10)13/h2-5,14H,6-8H2,1H3. The Kier molecular flexibility index (Phi) is 3.87. The number of rotatable bonds is 3. The van der Waals surface area contributed by atoms with Gasteiger partial charge < -0.3 is 10.1 Å². The maximum Gasteiger partial charge on any atom is 0.332 e. The molecular formula is C12H14BrNO4S. The van der Waals surface area contributed by atoms with Crippen molar-refractivity contribution in [3.05, 3.63) is 28.7 Å². The highest BCUT2D eigenvalue weighted by molar-refractivity contribution is 9.10. The SMILES string of the molecule is COC(=O)C1(Nc2ccccc2Br)CCS(=O)(=O)C1. The fourth-order valence-electron chi connectivity index (χ4n) is 2.18. The van der Waals surface area contributed by atoms with E-state index in [9.17, 15) is 13.2 Å². The lowest BCUT2D eigenvalue weighted by atomic mass is 9.98. The third kappa shape index (κ3) is 2.92. The van der Waals surface area contributed by atoms with E-state index in [1.54, 1.807) is 6.07 Å². The Bertz CT molecular complexity index is 602. The minimum atomic E-state index is -3.22. The fraction of sp³-hybridized carbons (Fsp3) is 0.417. The zero-order chi connectivity index (χ0) is 14.1. The molecule has 1 aromatic rings. The molecule has 0 aliphatic carbocycles. The molecule has 1 atom stereocenters. The molecule has 0 aromatic heterocycles. The quantitative estimate of drug-likeness (QED) is 0.840. The molecule has 7 heteroatoms. The van der Waals surface area contributed by atoms with Crippen LogP contribution in [-0.4, -0.2) is 38.5 Å². The number of carbonyl (C=O) groups excluding carboxylic acids is 1. The first-order valence-corrected chi connectivity index (χ1v) is 8.31. The first-order valence-electron chi connectivity index (χ1n) is 5.70. The third-order valence-corrected chi connectivity index (χ3v) is 5.58. The molecule has 0 radical (unpaired) electrons. The van der Waals surface area contributed by atoms with Crippen LogP contribution in [0.1, 0.15) is 6.42 Å². The van der Waals surface area contributed by atoms with Gasteiger partial charge in [-0.25, -0.2) is 13.2 Å². The van der Waals surface area contributed by atoms with E-state index < -0.39 is 21.3 Å². The van der Waals surface area contributed by atoms with E-state index in [1.807, 2.05) is 18.2 Å². The Labute approximate surface area is 120 Å². The molecule has 1 aromatic carbocycles. The van der Waals surface area contributed by atoms with Crippen molar-refractivity contribution in [2.75, 3.05) is 23.9 Å². The van der Waals surface area contributed by atoms with Crippen LogP contribution in [0.3, 0.4) is 0 Å². The molecule has 1 aliphatic rings. The molecule has 0 bridgehead atoms. The van der Waals surface area contributed by atoms with Gasteiger partial charge in [-0.15, -0.1) is 0 Å². The predicted molar refractivity (Wildman–Crippen MR) is 75.8 cm³/mol. The number of halogens is 1. The highest BCUT2D eigenvalue weighted by Crippen LogP contribution is 2.32. The highest BCUT2D eigenvalue weighted by Gasteiger charge is 2.49. The normalized spacial score (nSPS) is 24.9. The van der Waals surface area contributed by atoms with Crippen molar-refractivity contribution >= 4 is 37.4 Å². The van der Waals surface area contributed by atoms with E-state index >= 15 is 0 Å². The predicted octanol–water partition coefficient (Wildman–Crippen LogP) is 1.59. The molecule has 0 spiro atoms. The van der Waals surface area contributed by atoms with Crippen molar-refractivity contribution in [3.63, 3.8) is 0 Å². The summed E-state index contributed by atoms with van der Waals surface area (Å²) in [5, 5.41) is 3.03. The number of para-hydroxylation sites is 1. The third-order valence-electron chi connectivity index (χ3n) is 3.13. The van der Waals surface area contributed by atoms with Gasteiger partial charge >= 0.3 is 5.97 Å². The zero-order valence-electron chi connectivity index (χ0n) is 10.3. The number of sulfone groups is 1. The van der Waals surface area contributed by atoms with Crippen molar-refractivity contribution in [2.45, 2.75) is 12.0 Å². The molecule has 1 fully saturated rings. The Morgan fingerprint density at radius 2 is 2.11 bits per heavy atom. The average molecular weight is 348 g/mol. The Morgan fingerprint density at radius 1 is 1.42 bits per heavy atom. The molecule has 1 unspecified atom stereocenters. The molecule has 0 saturated carbocycles. The van der Waals surface area contributed by atoms with E-state index in [2.05, 4.69) is 21.2 Å². The molecule has 19 heavy (non-hydrogen) atoms. The van der Waals surface area contributed by atoms with Gasteiger partial charge in [0.25, 0.3) is 0 Å². The van der Waals surface area contributed by atoms with Crippen LogP contribution in [-0.2, 0) is 19.4 Å². The number of ether oxygens (including phenoxy) is 1. The molecule has 1 N–H and O–H groups in total. The second-order valence-electron chi connectivity index (χ2n) is 4.52. The minimum Gasteiger partial charge on any atom is -0.467 e. The van der Waals surface area contributed by atoms with Gasteiger partial charge in [0.05, 0.1) is 18.6 Å². The van der Waals surface area contributed by atoms with E-state index in [4.69, 9.17) is 4.74 Å². The van der Waals surface area contributed by atoms with E-state index in [0.29, 0.717) is 5.69 Å². The van der Waals surface area contributed by atoms with Gasteiger partial charge in [0.1, 0.15) is 0 Å². The van der Waals surface area contributed by atoms with Gasteiger partial charge in [-0.3, -0.25) is 0 Å². The summed E-state index contributed by atoms with van der Waals surface area (Å²) >= 11 is 3.36. The highest BCUT2D eigenvalue weighted by atomic mass is 79.9. The summed E-state index contributed by atoms with van der Waals surface area (Å²) in [6.45, 7) is 0. The molecule has 0 amide bonds. The maximum atomic E-state index is 12.0. The average Bonchev–Trinajstić information content (AvgIpc) is 2.68. The van der Waals surface area contributed by atoms with E-state index in [1.165, 1.54) is 7.11 Å². The number of carbonyl (C=O) groups is 1. The van der Waals surface area contributed by atoms with Crippen LogP contribution in [0.15, 0.2) is 28.7 Å². The summed E-state index contributed by atoms with van der Waals surface area (Å²) < 4.78 is 28.9. The van der Waals surface area contributed by atoms with Crippen molar-refractivity contribution in [1.82, 2.24) is 0 Å². The Hall–Kier alpha value is -1.08. The van der Waals surface area contributed by atoms with Crippen LogP contribution in [0.2, 0.25) is 0 Å². The number of benzene rings is 1. The molecule has 104 valence electrons. The van der Waals surface area contributed by atoms with Crippen molar-refractivity contribution in [2.24, 2.45) is 0 Å². The van der Waals surface area contributed by atoms with Crippen LogP contribution >= 0.6 is 15.9 Å². The van der Waals surface area contributed by atoms with Crippen LogP contribution in [0, 0.1) is 0 Å². The lowest BCUT2D eigenvalue weighted by Crippen LogP contribution is -2.48. The van der Waals surface area contributed by atoms with Gasteiger partial charge in [0, 0.05) is 10.2 Å². The molecule has 1 aliphatic heterocycles. The lowest BCUT2D eigenvalue weighted by molar-refractivity contribution is -0.145. The van der Waals surface area contributed by atoms with Gasteiger partial charge in [-0.05, 0) is 34.5 Å². The first-order chi connectivity index (χ1) is 8.88. The Balaban J connectivity index is 2.36. The zero-order valence-corrected chi connectivity index (χ0v) is 12.8. The van der Waals surface area contributed by atoms with Crippen molar-refractivity contribution in [3.8, 4) is 0 Å². The summed E-state index contributed by atoms with van der Waals surface area (Å²) in [6, 6.07) is 7.24. The number of anilines is 1.